The van der Waals surface area contributed by atoms with Crippen LogP contribution in [-0.4, -0.2) is 11.7 Å². The second-order valence-corrected chi connectivity index (χ2v) is 6.46. The van der Waals surface area contributed by atoms with E-state index in [0.717, 1.165) is 29.7 Å². The third-order valence-corrected chi connectivity index (χ3v) is 4.37. The number of hydrogen-bond donors (Lipinski definition) is 2. The number of anilines is 1. The minimum Gasteiger partial charge on any atom is -0.362 e. The quantitative estimate of drug-likeness (QED) is 0.554. The van der Waals surface area contributed by atoms with Crippen LogP contribution in [-0.2, 0) is 6.42 Å². The van der Waals surface area contributed by atoms with E-state index in [0.29, 0.717) is 0 Å². The Bertz CT molecular complexity index is 414. The van der Waals surface area contributed by atoms with Gasteiger partial charge in [0.05, 0.1) is 0 Å². The van der Waals surface area contributed by atoms with Crippen molar-refractivity contribution in [3.63, 3.8) is 0 Å². The molecule has 0 aliphatic rings. The monoisotopic (exact) mass is 320 g/mol. The summed E-state index contributed by atoms with van der Waals surface area (Å²) in [5.41, 5.74) is 2.47. The largest absolute Gasteiger partial charge is 0.362 e. The van der Waals surface area contributed by atoms with E-state index in [2.05, 4.69) is 55.7 Å². The maximum absolute atomic E-state index is 5.40. The normalized spacial score (nSPS) is 12.0. The Hall–Kier alpha value is -1.09. The lowest BCUT2D eigenvalue weighted by Crippen LogP contribution is -2.32. The van der Waals surface area contributed by atoms with Crippen molar-refractivity contribution in [3.05, 3.63) is 29.8 Å². The van der Waals surface area contributed by atoms with Crippen molar-refractivity contribution in [2.45, 2.75) is 65.7 Å². The molecule has 0 bridgehead atoms. The van der Waals surface area contributed by atoms with Crippen LogP contribution in [0.4, 0.5) is 5.69 Å². The van der Waals surface area contributed by atoms with Crippen molar-refractivity contribution in [2.75, 3.05) is 11.9 Å². The predicted molar refractivity (Wildman–Crippen MR) is 103 cm³/mol. The van der Waals surface area contributed by atoms with E-state index in [9.17, 15) is 0 Å². The molecule has 2 nitrogen and oxygen atoms in total. The number of benzene rings is 1. The lowest BCUT2D eigenvalue weighted by atomic mass is 9.99. The molecule has 1 atom stereocenters. The van der Waals surface area contributed by atoms with Gasteiger partial charge in [-0.2, -0.15) is 0 Å². The van der Waals surface area contributed by atoms with Gasteiger partial charge in [-0.05, 0) is 55.1 Å². The van der Waals surface area contributed by atoms with E-state index in [-0.39, 0.29) is 0 Å². The lowest BCUT2D eigenvalue weighted by molar-refractivity contribution is 0.446. The molecule has 0 saturated heterocycles. The Labute approximate surface area is 142 Å². The van der Waals surface area contributed by atoms with Crippen LogP contribution in [0.5, 0.6) is 0 Å². The van der Waals surface area contributed by atoms with Crippen LogP contribution in [0, 0.1) is 5.92 Å². The fourth-order valence-electron chi connectivity index (χ4n) is 2.49. The zero-order valence-electron chi connectivity index (χ0n) is 14.5. The topological polar surface area (TPSA) is 24.1 Å². The van der Waals surface area contributed by atoms with Crippen LogP contribution in [0.15, 0.2) is 24.3 Å². The van der Waals surface area contributed by atoms with Crippen molar-refractivity contribution in [1.82, 2.24) is 5.32 Å². The Morgan fingerprint density at radius 2 is 1.73 bits per heavy atom. The molecular weight excluding hydrogens is 288 g/mol. The van der Waals surface area contributed by atoms with Crippen LogP contribution >= 0.6 is 12.2 Å². The number of rotatable bonds is 10. The van der Waals surface area contributed by atoms with Gasteiger partial charge in [-0.3, -0.25) is 0 Å². The van der Waals surface area contributed by atoms with Gasteiger partial charge in [0.15, 0.2) is 5.11 Å². The SMILES string of the molecule is CCCCc1ccc(NC(=S)NCC(CC)CCCC)cc1. The van der Waals surface area contributed by atoms with E-state index in [4.69, 9.17) is 12.2 Å². The summed E-state index contributed by atoms with van der Waals surface area (Å²) in [5, 5.41) is 7.37. The van der Waals surface area contributed by atoms with Gasteiger partial charge in [-0.25, -0.2) is 0 Å². The van der Waals surface area contributed by atoms with Gasteiger partial charge < -0.3 is 10.6 Å². The molecule has 0 aromatic heterocycles. The highest BCUT2D eigenvalue weighted by atomic mass is 32.1. The molecule has 1 aromatic carbocycles. The standard InChI is InChI=1S/C19H32N2S/c1-4-7-9-16(6-3)15-20-19(22)21-18-13-11-17(12-14-18)10-8-5-2/h11-14,16H,4-10,15H2,1-3H3,(H2,20,21,22). The average molecular weight is 321 g/mol. The second-order valence-electron chi connectivity index (χ2n) is 6.05. The minimum atomic E-state index is 0.719. The molecule has 3 heteroatoms. The summed E-state index contributed by atoms with van der Waals surface area (Å²) >= 11 is 5.40. The summed E-state index contributed by atoms with van der Waals surface area (Å²) in [6, 6.07) is 8.62. The molecule has 22 heavy (non-hydrogen) atoms. The number of thiocarbonyl (C=S) groups is 1. The molecule has 1 rings (SSSR count). The summed E-state index contributed by atoms with van der Waals surface area (Å²) < 4.78 is 0. The summed E-state index contributed by atoms with van der Waals surface area (Å²) in [6.07, 6.45) is 8.72. The number of nitrogens with one attached hydrogen (secondary N) is 2. The molecule has 2 N–H and O–H groups in total. The fraction of sp³-hybridized carbons (Fsp3) is 0.632. The highest BCUT2D eigenvalue weighted by molar-refractivity contribution is 7.80. The number of aryl methyl sites for hydroxylation is 1. The highest BCUT2D eigenvalue weighted by Gasteiger charge is 2.06. The van der Waals surface area contributed by atoms with Gasteiger partial charge in [0.2, 0.25) is 0 Å². The predicted octanol–water partition coefficient (Wildman–Crippen LogP) is 5.53. The zero-order chi connectivity index (χ0) is 16.2. The first-order valence-corrected chi connectivity index (χ1v) is 9.24. The lowest BCUT2D eigenvalue weighted by Gasteiger charge is -2.17. The van der Waals surface area contributed by atoms with Crippen molar-refractivity contribution >= 4 is 23.0 Å². The molecule has 1 aromatic rings. The van der Waals surface area contributed by atoms with E-state index >= 15 is 0 Å². The first-order valence-electron chi connectivity index (χ1n) is 8.83. The van der Waals surface area contributed by atoms with Crippen molar-refractivity contribution in [1.29, 1.82) is 0 Å². The van der Waals surface area contributed by atoms with Crippen LogP contribution in [0.3, 0.4) is 0 Å². The Morgan fingerprint density at radius 1 is 1.05 bits per heavy atom. The Morgan fingerprint density at radius 3 is 2.32 bits per heavy atom. The summed E-state index contributed by atoms with van der Waals surface area (Å²) in [4.78, 5) is 0. The maximum atomic E-state index is 5.40. The fourth-order valence-corrected chi connectivity index (χ4v) is 2.69. The Balaban J connectivity index is 2.34. The minimum absolute atomic E-state index is 0.719. The number of hydrogen-bond acceptors (Lipinski definition) is 1. The first-order chi connectivity index (χ1) is 10.7. The van der Waals surface area contributed by atoms with Crippen LogP contribution in [0.2, 0.25) is 0 Å². The van der Waals surface area contributed by atoms with E-state index in [1.165, 1.54) is 44.1 Å². The van der Waals surface area contributed by atoms with E-state index in [1.54, 1.807) is 0 Å². The number of unbranched alkanes of at least 4 members (excludes halogenated alkanes) is 2. The zero-order valence-corrected chi connectivity index (χ0v) is 15.3. The molecule has 124 valence electrons. The van der Waals surface area contributed by atoms with Gasteiger partial charge in [-0.15, -0.1) is 0 Å². The molecule has 0 aliphatic heterocycles. The van der Waals surface area contributed by atoms with Gasteiger partial charge in [0.25, 0.3) is 0 Å². The van der Waals surface area contributed by atoms with Crippen molar-refractivity contribution in [2.24, 2.45) is 5.92 Å². The third kappa shape index (κ3) is 7.79. The van der Waals surface area contributed by atoms with Crippen LogP contribution in [0.1, 0.15) is 64.9 Å². The maximum Gasteiger partial charge on any atom is 0.170 e. The molecule has 0 amide bonds. The highest BCUT2D eigenvalue weighted by Crippen LogP contribution is 2.13. The van der Waals surface area contributed by atoms with Crippen LogP contribution < -0.4 is 10.6 Å². The molecule has 0 radical (unpaired) electrons. The average Bonchev–Trinajstić information content (AvgIpc) is 2.54. The molecule has 0 heterocycles. The molecule has 0 saturated carbocycles. The van der Waals surface area contributed by atoms with Crippen molar-refractivity contribution < 1.29 is 0 Å². The third-order valence-electron chi connectivity index (χ3n) is 4.13. The summed E-state index contributed by atoms with van der Waals surface area (Å²) in [5.74, 6) is 0.719. The molecule has 0 fully saturated rings. The first kappa shape index (κ1) is 19.0. The Kier molecular flexibility index (Phi) is 9.89. The van der Waals surface area contributed by atoms with E-state index in [1.807, 2.05) is 0 Å². The van der Waals surface area contributed by atoms with Crippen molar-refractivity contribution in [3.8, 4) is 0 Å². The smallest absolute Gasteiger partial charge is 0.170 e. The second kappa shape index (κ2) is 11.5. The molecule has 0 spiro atoms. The van der Waals surface area contributed by atoms with Crippen LogP contribution in [0.25, 0.3) is 0 Å². The summed E-state index contributed by atoms with van der Waals surface area (Å²) in [6.45, 7) is 7.70. The van der Waals surface area contributed by atoms with Gasteiger partial charge in [0.1, 0.15) is 0 Å². The van der Waals surface area contributed by atoms with Gasteiger partial charge in [-0.1, -0.05) is 58.6 Å². The summed E-state index contributed by atoms with van der Waals surface area (Å²) in [7, 11) is 0. The van der Waals surface area contributed by atoms with E-state index < -0.39 is 0 Å². The molecular formula is C19H32N2S. The van der Waals surface area contributed by atoms with Gasteiger partial charge >= 0.3 is 0 Å². The van der Waals surface area contributed by atoms with Gasteiger partial charge in [0, 0.05) is 12.2 Å². The molecule has 0 aliphatic carbocycles. The molecule has 1 unspecified atom stereocenters.